The van der Waals surface area contributed by atoms with Gasteiger partial charge in [-0.2, -0.15) is 0 Å². The molecule has 4 atom stereocenters. The third-order valence-electron chi connectivity index (χ3n) is 8.52. The maximum atomic E-state index is 13.1. The van der Waals surface area contributed by atoms with Gasteiger partial charge in [0.2, 0.25) is 5.91 Å². The number of alkyl carbamates (subject to hydrolysis) is 1. The summed E-state index contributed by atoms with van der Waals surface area (Å²) in [5, 5.41) is 3.16. The average Bonchev–Trinajstić information content (AvgIpc) is 3.77. The molecule has 1 aliphatic carbocycles. The highest BCUT2D eigenvalue weighted by atomic mass is 16.6. The fraction of sp³-hybridized carbons (Fsp3) is 0.545. The van der Waals surface area contributed by atoms with Crippen LogP contribution in [-0.4, -0.2) is 60.3 Å². The second-order valence-corrected chi connectivity index (χ2v) is 13.0. The number of nitrogens with one attached hydrogen (secondary N) is 1. The Morgan fingerprint density at radius 2 is 1.71 bits per heavy atom. The molecule has 2 unspecified atom stereocenters. The van der Waals surface area contributed by atoms with E-state index in [1.165, 1.54) is 0 Å². The van der Waals surface area contributed by atoms with E-state index in [9.17, 15) is 14.4 Å². The smallest absolute Gasteiger partial charge is 0.410 e. The molecule has 3 amide bonds. The number of carbonyl (C=O) groups excluding carboxylic acids is 3. The van der Waals surface area contributed by atoms with E-state index in [-0.39, 0.29) is 42.7 Å². The third kappa shape index (κ3) is 6.50. The lowest BCUT2D eigenvalue weighted by atomic mass is 9.79. The van der Waals surface area contributed by atoms with E-state index in [0.29, 0.717) is 25.6 Å². The predicted octanol–water partition coefficient (Wildman–Crippen LogP) is 5.88. The third-order valence-corrected chi connectivity index (χ3v) is 8.52. The van der Waals surface area contributed by atoms with Crippen LogP contribution in [0.1, 0.15) is 71.6 Å². The predicted molar refractivity (Wildman–Crippen MR) is 162 cm³/mol. The summed E-state index contributed by atoms with van der Waals surface area (Å²) in [5.41, 5.74) is 3.12. The Morgan fingerprint density at radius 3 is 2.33 bits per heavy atom. The summed E-state index contributed by atoms with van der Waals surface area (Å²) in [7, 11) is 0. The minimum atomic E-state index is -0.547. The molecule has 3 aliphatic rings. The Morgan fingerprint density at radius 1 is 1.00 bits per heavy atom. The second-order valence-electron chi connectivity index (χ2n) is 13.0. The normalized spacial score (nSPS) is 24.1. The number of rotatable bonds is 5. The first-order valence-electron chi connectivity index (χ1n) is 15.1. The molecule has 226 valence electrons. The number of piperazine rings is 1. The molecular weight excluding hydrogens is 532 g/mol. The largest absolute Gasteiger partial charge is 0.445 e. The molecule has 2 aromatic carbocycles. The zero-order valence-corrected chi connectivity index (χ0v) is 25.6. The molecule has 5 rings (SSSR count). The molecule has 0 radical (unpaired) electrons. The van der Waals surface area contributed by atoms with Gasteiger partial charge in [0.1, 0.15) is 12.2 Å². The van der Waals surface area contributed by atoms with Crippen molar-refractivity contribution in [2.45, 2.75) is 84.7 Å². The van der Waals surface area contributed by atoms with Crippen LogP contribution in [0, 0.1) is 11.8 Å². The molecule has 9 nitrogen and oxygen atoms in total. The molecule has 2 aliphatic heterocycles. The van der Waals surface area contributed by atoms with Gasteiger partial charge in [-0.1, -0.05) is 37.3 Å². The highest BCUT2D eigenvalue weighted by Gasteiger charge is 2.48. The van der Waals surface area contributed by atoms with Crippen molar-refractivity contribution in [1.29, 1.82) is 0 Å². The minimum absolute atomic E-state index is 0.00337. The maximum Gasteiger partial charge on any atom is 0.410 e. The van der Waals surface area contributed by atoms with E-state index in [4.69, 9.17) is 9.47 Å². The van der Waals surface area contributed by atoms with E-state index in [1.54, 1.807) is 11.8 Å². The van der Waals surface area contributed by atoms with Crippen molar-refractivity contribution in [1.82, 2.24) is 10.2 Å². The second kappa shape index (κ2) is 11.9. The van der Waals surface area contributed by atoms with Crippen LogP contribution in [0.2, 0.25) is 0 Å². The standard InChI is InChI=1S/C33H44N4O5/c1-21-19-35(16-17-36(21)32(40)42-33(4,5)6)26-14-15-28-27(18-26)29(22(2)30(25-12-13-25)37(28)23(3)38)34-31(39)41-20-24-10-8-7-9-11-24/h7-11,14-15,18,21-22,25,29-30H,12-13,16-17,19-20H2,1-6H3,(H,34,39)/t21-,22+,29?,30?/m0/s1. The van der Waals surface area contributed by atoms with Gasteiger partial charge >= 0.3 is 12.2 Å². The summed E-state index contributed by atoms with van der Waals surface area (Å²) in [6.07, 6.45) is 1.39. The number of nitrogens with zero attached hydrogens (tertiary/aromatic N) is 3. The number of anilines is 2. The number of benzene rings is 2. The Bertz CT molecular complexity index is 1310. The van der Waals surface area contributed by atoms with Gasteiger partial charge in [-0.3, -0.25) is 4.79 Å². The molecule has 2 fully saturated rings. The minimum Gasteiger partial charge on any atom is -0.445 e. The van der Waals surface area contributed by atoms with Crippen LogP contribution in [0.25, 0.3) is 0 Å². The summed E-state index contributed by atoms with van der Waals surface area (Å²) >= 11 is 0. The Kier molecular flexibility index (Phi) is 8.39. The van der Waals surface area contributed by atoms with Gasteiger partial charge < -0.3 is 29.5 Å². The molecule has 42 heavy (non-hydrogen) atoms. The van der Waals surface area contributed by atoms with Crippen LogP contribution in [-0.2, 0) is 20.9 Å². The fourth-order valence-corrected chi connectivity index (χ4v) is 6.43. The van der Waals surface area contributed by atoms with Crippen LogP contribution in [0.4, 0.5) is 21.0 Å². The summed E-state index contributed by atoms with van der Waals surface area (Å²) < 4.78 is 11.2. The van der Waals surface area contributed by atoms with Crippen LogP contribution in [0.3, 0.4) is 0 Å². The zero-order valence-electron chi connectivity index (χ0n) is 25.6. The quantitative estimate of drug-likeness (QED) is 0.478. The van der Waals surface area contributed by atoms with Crippen molar-refractivity contribution in [3.63, 3.8) is 0 Å². The molecule has 2 aromatic rings. The van der Waals surface area contributed by atoms with E-state index in [0.717, 1.165) is 35.3 Å². The van der Waals surface area contributed by atoms with Gasteiger partial charge in [0, 0.05) is 61.5 Å². The van der Waals surface area contributed by atoms with Crippen molar-refractivity contribution >= 4 is 29.5 Å². The van der Waals surface area contributed by atoms with Crippen molar-refractivity contribution in [2.75, 3.05) is 29.4 Å². The molecular formula is C33H44N4O5. The van der Waals surface area contributed by atoms with Crippen LogP contribution < -0.4 is 15.1 Å². The molecule has 0 bridgehead atoms. The number of ether oxygens (including phenoxy) is 2. The Balaban J connectivity index is 1.39. The van der Waals surface area contributed by atoms with Crippen molar-refractivity contribution < 1.29 is 23.9 Å². The highest BCUT2D eigenvalue weighted by molar-refractivity contribution is 5.94. The summed E-state index contributed by atoms with van der Waals surface area (Å²) in [6, 6.07) is 15.4. The van der Waals surface area contributed by atoms with Gasteiger partial charge in [-0.05, 0) is 70.2 Å². The average molecular weight is 577 g/mol. The number of fused-ring (bicyclic) bond motifs is 1. The molecule has 0 aromatic heterocycles. The number of amides is 3. The van der Waals surface area contributed by atoms with Gasteiger partial charge in [0.05, 0.1) is 6.04 Å². The van der Waals surface area contributed by atoms with Crippen molar-refractivity contribution in [3.05, 3.63) is 59.7 Å². The molecule has 0 spiro atoms. The number of carbonyl (C=O) groups is 3. The molecule has 1 saturated heterocycles. The molecule has 2 heterocycles. The van der Waals surface area contributed by atoms with Gasteiger partial charge in [-0.25, -0.2) is 9.59 Å². The molecule has 1 saturated carbocycles. The van der Waals surface area contributed by atoms with Crippen LogP contribution in [0.5, 0.6) is 0 Å². The summed E-state index contributed by atoms with van der Waals surface area (Å²) in [5.74, 6) is 0.428. The Labute approximate surface area is 249 Å². The van der Waals surface area contributed by atoms with E-state index < -0.39 is 11.7 Å². The first kappa shape index (κ1) is 29.7. The van der Waals surface area contributed by atoms with Gasteiger partial charge in [0.25, 0.3) is 0 Å². The van der Waals surface area contributed by atoms with Crippen molar-refractivity contribution in [2.24, 2.45) is 11.8 Å². The van der Waals surface area contributed by atoms with Crippen LogP contribution >= 0.6 is 0 Å². The zero-order chi connectivity index (χ0) is 30.2. The fourth-order valence-electron chi connectivity index (χ4n) is 6.43. The van der Waals surface area contributed by atoms with Gasteiger partial charge in [0.15, 0.2) is 0 Å². The number of hydrogen-bond acceptors (Lipinski definition) is 6. The number of hydrogen-bond donors (Lipinski definition) is 1. The highest BCUT2D eigenvalue weighted by Crippen LogP contribution is 2.50. The molecule has 9 heteroatoms. The van der Waals surface area contributed by atoms with E-state index >= 15 is 0 Å². The first-order valence-corrected chi connectivity index (χ1v) is 15.1. The lowest BCUT2D eigenvalue weighted by Crippen LogP contribution is -2.55. The summed E-state index contributed by atoms with van der Waals surface area (Å²) in [6.45, 7) is 13.4. The van der Waals surface area contributed by atoms with E-state index in [2.05, 4.69) is 29.3 Å². The van der Waals surface area contributed by atoms with Gasteiger partial charge in [-0.15, -0.1) is 0 Å². The maximum absolute atomic E-state index is 13.1. The van der Waals surface area contributed by atoms with E-state index in [1.807, 2.05) is 69.0 Å². The lowest BCUT2D eigenvalue weighted by Gasteiger charge is -2.46. The summed E-state index contributed by atoms with van der Waals surface area (Å²) in [4.78, 5) is 44.9. The monoisotopic (exact) mass is 576 g/mol. The molecule has 1 N–H and O–H groups in total. The topological polar surface area (TPSA) is 91.4 Å². The Hall–Kier alpha value is -3.75. The van der Waals surface area contributed by atoms with Crippen molar-refractivity contribution in [3.8, 4) is 0 Å². The lowest BCUT2D eigenvalue weighted by molar-refractivity contribution is -0.117. The SMILES string of the molecule is CC(=O)N1c2ccc(N3CCN(C(=O)OC(C)(C)C)[C@@H](C)C3)cc2C(NC(=O)OCc2ccccc2)[C@@H](C)C1C1CC1. The first-order chi connectivity index (χ1) is 19.9. The van der Waals surface area contributed by atoms with Crippen LogP contribution in [0.15, 0.2) is 48.5 Å².